The van der Waals surface area contributed by atoms with Gasteiger partial charge in [-0.05, 0) is 67.9 Å². The number of Topliss-reactive ketones (excluding diaryl/α,β-unsaturated/α-hetero) is 1. The van der Waals surface area contributed by atoms with E-state index in [-0.39, 0.29) is 23.4 Å². The lowest BCUT2D eigenvalue weighted by molar-refractivity contribution is -0.115. The second kappa shape index (κ2) is 10.1. The Morgan fingerprint density at radius 1 is 1.07 bits per heavy atom. The molecule has 0 atom stereocenters. The number of hydrogen-bond acceptors (Lipinski definition) is 3. The third kappa shape index (κ3) is 6.09. The van der Waals surface area contributed by atoms with Crippen molar-refractivity contribution in [2.75, 3.05) is 25.0 Å². The van der Waals surface area contributed by atoms with Gasteiger partial charge in [-0.2, -0.15) is 0 Å². The molecule has 1 aliphatic heterocycles. The van der Waals surface area contributed by atoms with E-state index in [1.807, 2.05) is 31.2 Å². The van der Waals surface area contributed by atoms with Crippen molar-refractivity contribution >= 4 is 23.5 Å². The number of hydrogen-bond donors (Lipinski definition) is 1. The highest BCUT2D eigenvalue weighted by Gasteiger charge is 2.25. The van der Waals surface area contributed by atoms with Crippen LogP contribution in [0, 0.1) is 11.7 Å². The number of benzene rings is 2. The standard InChI is InChI=1S/C24H27FN2O2/c1-2-23(28)26-22-11-5-18(6-12-22)4-3-15-27-16-13-20(14-17-27)24(29)19-7-9-21(25)10-8-19/h3-12,20H,2,13-17H2,1H3,(H,26,28). The molecule has 0 spiro atoms. The fraction of sp³-hybridized carbons (Fsp3) is 0.333. The van der Waals surface area contributed by atoms with Crippen LogP contribution in [0.15, 0.2) is 54.6 Å². The minimum Gasteiger partial charge on any atom is -0.326 e. The average molecular weight is 394 g/mol. The number of nitrogens with zero attached hydrogens (tertiary/aromatic N) is 1. The minimum atomic E-state index is -0.316. The van der Waals surface area contributed by atoms with Crippen LogP contribution in [0.3, 0.4) is 0 Å². The van der Waals surface area contributed by atoms with Crippen molar-refractivity contribution in [1.29, 1.82) is 0 Å². The number of piperidine rings is 1. The maximum Gasteiger partial charge on any atom is 0.224 e. The lowest BCUT2D eigenvalue weighted by Crippen LogP contribution is -2.36. The van der Waals surface area contributed by atoms with E-state index in [0.29, 0.717) is 12.0 Å². The van der Waals surface area contributed by atoms with Gasteiger partial charge in [0.1, 0.15) is 5.82 Å². The number of anilines is 1. The summed E-state index contributed by atoms with van der Waals surface area (Å²) in [5.41, 5.74) is 2.49. The van der Waals surface area contributed by atoms with Crippen LogP contribution >= 0.6 is 0 Å². The van der Waals surface area contributed by atoms with E-state index < -0.39 is 0 Å². The molecule has 0 radical (unpaired) electrons. The molecule has 1 amide bonds. The zero-order valence-electron chi connectivity index (χ0n) is 16.7. The number of rotatable bonds is 7. The summed E-state index contributed by atoms with van der Waals surface area (Å²) in [5.74, 6) is -0.167. The average Bonchev–Trinajstić information content (AvgIpc) is 2.75. The molecular formula is C24H27FN2O2. The van der Waals surface area contributed by atoms with Crippen LogP contribution in [-0.4, -0.2) is 36.2 Å². The zero-order valence-corrected chi connectivity index (χ0v) is 16.7. The molecule has 1 saturated heterocycles. The summed E-state index contributed by atoms with van der Waals surface area (Å²) >= 11 is 0. The first-order valence-electron chi connectivity index (χ1n) is 10.1. The Morgan fingerprint density at radius 2 is 1.72 bits per heavy atom. The molecule has 2 aromatic rings. The number of carbonyl (C=O) groups is 2. The first-order valence-corrected chi connectivity index (χ1v) is 10.1. The molecule has 0 unspecified atom stereocenters. The maximum absolute atomic E-state index is 13.0. The van der Waals surface area contributed by atoms with Crippen molar-refractivity contribution in [2.24, 2.45) is 5.92 Å². The van der Waals surface area contributed by atoms with Crippen LogP contribution in [0.25, 0.3) is 6.08 Å². The SMILES string of the molecule is CCC(=O)Nc1ccc(C=CCN2CCC(C(=O)c3ccc(F)cc3)CC2)cc1. The first-order chi connectivity index (χ1) is 14.0. The zero-order chi connectivity index (χ0) is 20.6. The predicted molar refractivity (Wildman–Crippen MR) is 114 cm³/mol. The Balaban J connectivity index is 1.44. The van der Waals surface area contributed by atoms with Crippen LogP contribution in [0.2, 0.25) is 0 Å². The van der Waals surface area contributed by atoms with Crippen molar-refractivity contribution in [3.05, 3.63) is 71.6 Å². The van der Waals surface area contributed by atoms with Crippen LogP contribution < -0.4 is 5.32 Å². The van der Waals surface area contributed by atoms with E-state index >= 15 is 0 Å². The highest BCUT2D eigenvalue weighted by atomic mass is 19.1. The summed E-state index contributed by atoms with van der Waals surface area (Å²) in [6, 6.07) is 13.6. The van der Waals surface area contributed by atoms with Gasteiger partial charge in [-0.25, -0.2) is 4.39 Å². The number of halogens is 1. The van der Waals surface area contributed by atoms with E-state index in [9.17, 15) is 14.0 Å². The third-order valence-electron chi connectivity index (χ3n) is 5.28. The van der Waals surface area contributed by atoms with E-state index in [2.05, 4.69) is 22.4 Å². The molecule has 1 fully saturated rings. The molecule has 0 saturated carbocycles. The van der Waals surface area contributed by atoms with Gasteiger partial charge >= 0.3 is 0 Å². The number of carbonyl (C=O) groups excluding carboxylic acids is 2. The van der Waals surface area contributed by atoms with Crippen molar-refractivity contribution in [3.8, 4) is 0 Å². The first kappa shape index (κ1) is 20.9. The smallest absolute Gasteiger partial charge is 0.224 e. The number of nitrogens with one attached hydrogen (secondary N) is 1. The summed E-state index contributed by atoms with van der Waals surface area (Å²) in [5, 5.41) is 2.84. The van der Waals surface area contributed by atoms with Crippen molar-refractivity contribution in [2.45, 2.75) is 26.2 Å². The van der Waals surface area contributed by atoms with Gasteiger partial charge in [0.05, 0.1) is 0 Å². The van der Waals surface area contributed by atoms with E-state index in [0.717, 1.165) is 43.7 Å². The van der Waals surface area contributed by atoms with Gasteiger partial charge in [-0.3, -0.25) is 14.5 Å². The predicted octanol–water partition coefficient (Wildman–Crippen LogP) is 4.78. The summed E-state index contributed by atoms with van der Waals surface area (Å²) in [6.45, 7) is 4.42. The quantitative estimate of drug-likeness (QED) is 0.688. The monoisotopic (exact) mass is 394 g/mol. The van der Waals surface area contributed by atoms with Gasteiger partial charge in [0.2, 0.25) is 5.91 Å². The van der Waals surface area contributed by atoms with E-state index in [4.69, 9.17) is 0 Å². The number of amides is 1. The molecule has 152 valence electrons. The van der Waals surface area contributed by atoms with Crippen LogP contribution in [0.5, 0.6) is 0 Å². The van der Waals surface area contributed by atoms with Crippen LogP contribution in [0.4, 0.5) is 10.1 Å². The number of likely N-dealkylation sites (tertiary alicyclic amines) is 1. The summed E-state index contributed by atoms with van der Waals surface area (Å²) in [6.07, 6.45) is 6.32. The third-order valence-corrected chi connectivity index (χ3v) is 5.28. The summed E-state index contributed by atoms with van der Waals surface area (Å²) in [7, 11) is 0. The highest BCUT2D eigenvalue weighted by Crippen LogP contribution is 2.22. The Kier molecular flexibility index (Phi) is 7.30. The Bertz CT molecular complexity index is 851. The molecule has 2 aromatic carbocycles. The van der Waals surface area contributed by atoms with Crippen LogP contribution in [0.1, 0.15) is 42.1 Å². The molecule has 1 heterocycles. The maximum atomic E-state index is 13.0. The van der Waals surface area contributed by atoms with E-state index in [1.54, 1.807) is 12.1 Å². The molecule has 5 heteroatoms. The fourth-order valence-electron chi connectivity index (χ4n) is 3.49. The number of ketones is 1. The van der Waals surface area contributed by atoms with Gasteiger partial charge in [-0.1, -0.05) is 31.2 Å². The molecule has 0 aromatic heterocycles. The summed E-state index contributed by atoms with van der Waals surface area (Å²) < 4.78 is 13.0. The summed E-state index contributed by atoms with van der Waals surface area (Å²) in [4.78, 5) is 26.3. The van der Waals surface area contributed by atoms with E-state index in [1.165, 1.54) is 12.1 Å². The van der Waals surface area contributed by atoms with Gasteiger partial charge in [0.25, 0.3) is 0 Å². The van der Waals surface area contributed by atoms with Crippen molar-refractivity contribution in [1.82, 2.24) is 4.90 Å². The molecule has 3 rings (SSSR count). The van der Waals surface area contributed by atoms with Gasteiger partial charge in [-0.15, -0.1) is 0 Å². The normalized spacial score (nSPS) is 15.5. The van der Waals surface area contributed by atoms with Gasteiger partial charge in [0, 0.05) is 30.1 Å². The Morgan fingerprint density at radius 3 is 2.34 bits per heavy atom. The lowest BCUT2D eigenvalue weighted by atomic mass is 9.89. The van der Waals surface area contributed by atoms with Crippen LogP contribution in [-0.2, 0) is 4.79 Å². The Labute approximate surface area is 171 Å². The highest BCUT2D eigenvalue weighted by molar-refractivity contribution is 5.97. The molecule has 1 N–H and O–H groups in total. The minimum absolute atomic E-state index is 0.00889. The largest absolute Gasteiger partial charge is 0.326 e. The molecule has 1 aliphatic rings. The van der Waals surface area contributed by atoms with Gasteiger partial charge < -0.3 is 5.32 Å². The van der Waals surface area contributed by atoms with Crippen molar-refractivity contribution < 1.29 is 14.0 Å². The Hall–Kier alpha value is -2.79. The molecular weight excluding hydrogens is 367 g/mol. The second-order valence-corrected chi connectivity index (χ2v) is 7.37. The van der Waals surface area contributed by atoms with Crippen molar-refractivity contribution in [3.63, 3.8) is 0 Å². The topological polar surface area (TPSA) is 49.4 Å². The van der Waals surface area contributed by atoms with Gasteiger partial charge in [0.15, 0.2) is 5.78 Å². The lowest BCUT2D eigenvalue weighted by Gasteiger charge is -2.30. The second-order valence-electron chi connectivity index (χ2n) is 7.37. The molecule has 0 bridgehead atoms. The fourth-order valence-corrected chi connectivity index (χ4v) is 3.49. The molecule has 29 heavy (non-hydrogen) atoms. The molecule has 0 aliphatic carbocycles. The molecule has 4 nitrogen and oxygen atoms in total.